The Hall–Kier alpha value is -0.840. The van der Waals surface area contributed by atoms with E-state index in [2.05, 4.69) is 0 Å². The Labute approximate surface area is 146 Å². The zero-order chi connectivity index (χ0) is 16.7. The van der Waals surface area contributed by atoms with Crippen molar-refractivity contribution >= 4 is 28.9 Å². The van der Waals surface area contributed by atoms with Crippen LogP contribution in [0.2, 0.25) is 0 Å². The average molecular weight is 368 g/mol. The van der Waals surface area contributed by atoms with Crippen LogP contribution >= 0.6 is 17.1 Å². The fraction of sp³-hybridized carbons (Fsp3) is 0.294. The number of aromatic hydroxyl groups is 1. The van der Waals surface area contributed by atoms with Crippen molar-refractivity contribution in [3.8, 4) is 5.75 Å². The standard InChI is InChI=1S/C17H21O3PS2/c1-3-19-21(22,20-4-2)23-17(14-10-6-5-7-11-14)15-12-8-9-13-16(15)18/h5-13,17-18H,3-4H2,1-2H3. The Balaban J connectivity index is 2.42. The molecule has 0 aliphatic heterocycles. The van der Waals surface area contributed by atoms with E-state index in [0.717, 1.165) is 11.1 Å². The second kappa shape index (κ2) is 8.86. The number of benzene rings is 2. The Bertz CT molecular complexity index is 654. The topological polar surface area (TPSA) is 38.7 Å². The van der Waals surface area contributed by atoms with Crippen LogP contribution in [0.3, 0.4) is 0 Å². The minimum absolute atomic E-state index is 0.138. The van der Waals surface area contributed by atoms with Gasteiger partial charge in [0.25, 0.3) is 0 Å². The molecule has 2 aromatic rings. The molecule has 0 heterocycles. The van der Waals surface area contributed by atoms with Crippen molar-refractivity contribution in [2.75, 3.05) is 13.2 Å². The number of para-hydroxylation sites is 1. The molecule has 2 aromatic carbocycles. The zero-order valence-corrected chi connectivity index (χ0v) is 15.7. The molecule has 1 unspecified atom stereocenters. The second-order valence-electron chi connectivity index (χ2n) is 4.74. The van der Waals surface area contributed by atoms with Crippen LogP contribution < -0.4 is 0 Å². The fourth-order valence-corrected chi connectivity index (χ4v) is 7.74. The highest BCUT2D eigenvalue weighted by atomic mass is 32.9. The van der Waals surface area contributed by atoms with Gasteiger partial charge in [0.2, 0.25) is 5.69 Å². The van der Waals surface area contributed by atoms with E-state index >= 15 is 0 Å². The van der Waals surface area contributed by atoms with E-state index in [1.165, 1.54) is 11.4 Å². The van der Waals surface area contributed by atoms with E-state index in [0.29, 0.717) is 13.2 Å². The lowest BCUT2D eigenvalue weighted by molar-refractivity contribution is 0.280. The molecule has 124 valence electrons. The van der Waals surface area contributed by atoms with Gasteiger partial charge in [-0.15, -0.1) is 0 Å². The van der Waals surface area contributed by atoms with Crippen LogP contribution in [0.25, 0.3) is 0 Å². The van der Waals surface area contributed by atoms with Crippen molar-refractivity contribution in [2.24, 2.45) is 0 Å². The first-order chi connectivity index (χ1) is 11.1. The molecular formula is C17H21O3PS2. The molecule has 2 rings (SSSR count). The van der Waals surface area contributed by atoms with Crippen molar-refractivity contribution < 1.29 is 14.2 Å². The maximum atomic E-state index is 10.3. The molecule has 0 amide bonds. The Morgan fingerprint density at radius 1 is 1.00 bits per heavy atom. The summed E-state index contributed by atoms with van der Waals surface area (Å²) in [4.78, 5) is 0. The third-order valence-electron chi connectivity index (χ3n) is 3.13. The van der Waals surface area contributed by atoms with E-state index in [9.17, 15) is 5.11 Å². The van der Waals surface area contributed by atoms with Crippen molar-refractivity contribution in [1.82, 2.24) is 0 Å². The number of hydrogen-bond donors (Lipinski definition) is 1. The summed E-state index contributed by atoms with van der Waals surface area (Å²) in [6.45, 7) is 4.84. The third-order valence-corrected chi connectivity index (χ3v) is 8.72. The normalized spacial score (nSPS) is 13.0. The minimum Gasteiger partial charge on any atom is -0.508 e. The van der Waals surface area contributed by atoms with Gasteiger partial charge in [-0.05, 0) is 37.3 Å². The molecule has 0 aliphatic rings. The van der Waals surface area contributed by atoms with Crippen LogP contribution in [0.1, 0.15) is 30.2 Å². The van der Waals surface area contributed by atoms with Crippen molar-refractivity contribution in [2.45, 2.75) is 19.1 Å². The Morgan fingerprint density at radius 3 is 2.13 bits per heavy atom. The molecule has 1 N–H and O–H groups in total. The van der Waals surface area contributed by atoms with Crippen LogP contribution in [0, 0.1) is 0 Å². The summed E-state index contributed by atoms with van der Waals surface area (Å²) in [5.41, 5.74) is -0.608. The van der Waals surface area contributed by atoms with Crippen LogP contribution in [0.15, 0.2) is 54.6 Å². The van der Waals surface area contributed by atoms with Gasteiger partial charge in [-0.25, -0.2) is 0 Å². The predicted molar refractivity (Wildman–Crippen MR) is 102 cm³/mol. The maximum Gasteiger partial charge on any atom is 0.248 e. The summed E-state index contributed by atoms with van der Waals surface area (Å²) in [5, 5.41) is 10.1. The van der Waals surface area contributed by atoms with Crippen molar-refractivity contribution in [1.29, 1.82) is 0 Å². The highest BCUT2D eigenvalue weighted by molar-refractivity contribution is 8.68. The fourth-order valence-electron chi connectivity index (χ4n) is 2.18. The van der Waals surface area contributed by atoms with Gasteiger partial charge in [-0.3, -0.25) is 0 Å². The lowest BCUT2D eigenvalue weighted by atomic mass is 10.0. The lowest BCUT2D eigenvalue weighted by Gasteiger charge is -2.26. The smallest absolute Gasteiger partial charge is 0.248 e. The molecule has 6 heteroatoms. The number of phenols is 1. The molecule has 0 spiro atoms. The predicted octanol–water partition coefficient (Wildman–Crippen LogP) is 5.51. The maximum absolute atomic E-state index is 10.3. The molecule has 0 bridgehead atoms. The molecule has 0 radical (unpaired) electrons. The number of hydrogen-bond acceptors (Lipinski definition) is 5. The van der Waals surface area contributed by atoms with E-state index in [1.807, 2.05) is 62.4 Å². The van der Waals surface area contributed by atoms with Crippen LogP contribution in [-0.4, -0.2) is 18.3 Å². The van der Waals surface area contributed by atoms with Gasteiger partial charge < -0.3 is 14.2 Å². The quantitative estimate of drug-likeness (QED) is 0.622. The van der Waals surface area contributed by atoms with Crippen LogP contribution in [0.5, 0.6) is 5.75 Å². The molecule has 0 saturated heterocycles. The van der Waals surface area contributed by atoms with Crippen molar-refractivity contribution in [3.63, 3.8) is 0 Å². The molecule has 0 fully saturated rings. The van der Waals surface area contributed by atoms with Gasteiger partial charge >= 0.3 is 0 Å². The van der Waals surface area contributed by atoms with Gasteiger partial charge in [0.15, 0.2) is 0 Å². The van der Waals surface area contributed by atoms with E-state index in [1.54, 1.807) is 6.07 Å². The summed E-state index contributed by atoms with van der Waals surface area (Å²) >= 11 is 7.15. The van der Waals surface area contributed by atoms with Crippen LogP contribution in [-0.2, 0) is 20.9 Å². The zero-order valence-electron chi connectivity index (χ0n) is 13.2. The summed E-state index contributed by atoms with van der Waals surface area (Å²) in [5.74, 6) is 0.253. The monoisotopic (exact) mass is 368 g/mol. The van der Waals surface area contributed by atoms with Gasteiger partial charge in [0, 0.05) is 5.56 Å². The van der Waals surface area contributed by atoms with E-state index < -0.39 is 5.69 Å². The largest absolute Gasteiger partial charge is 0.508 e. The molecular weight excluding hydrogens is 347 g/mol. The second-order valence-corrected chi connectivity index (χ2v) is 11.0. The van der Waals surface area contributed by atoms with E-state index in [-0.39, 0.29) is 11.0 Å². The third kappa shape index (κ3) is 5.07. The Kier molecular flexibility index (Phi) is 7.12. The Morgan fingerprint density at radius 2 is 1.57 bits per heavy atom. The molecule has 23 heavy (non-hydrogen) atoms. The molecule has 0 aliphatic carbocycles. The average Bonchev–Trinajstić information content (AvgIpc) is 2.55. The summed E-state index contributed by atoms with van der Waals surface area (Å²) in [6.07, 6.45) is 0. The first-order valence-corrected chi connectivity index (χ1v) is 11.6. The molecule has 1 atom stereocenters. The van der Waals surface area contributed by atoms with Gasteiger partial charge in [0.1, 0.15) is 5.75 Å². The minimum atomic E-state index is -2.49. The highest BCUT2D eigenvalue weighted by Gasteiger charge is 2.28. The van der Waals surface area contributed by atoms with Crippen LogP contribution in [0.4, 0.5) is 0 Å². The summed E-state index contributed by atoms with van der Waals surface area (Å²) in [6, 6.07) is 17.3. The first-order valence-electron chi connectivity index (χ1n) is 7.50. The SMILES string of the molecule is CCOP(=S)(OCC)SC(c1ccccc1)c1ccccc1O. The number of rotatable bonds is 8. The van der Waals surface area contributed by atoms with Gasteiger partial charge in [-0.1, -0.05) is 59.9 Å². The molecule has 3 nitrogen and oxygen atoms in total. The molecule has 0 aromatic heterocycles. The van der Waals surface area contributed by atoms with Gasteiger partial charge in [-0.2, -0.15) is 0 Å². The van der Waals surface area contributed by atoms with Crippen molar-refractivity contribution in [3.05, 3.63) is 65.7 Å². The summed E-state index contributed by atoms with van der Waals surface area (Å²) in [7, 11) is 0. The number of phenolic OH excluding ortho intramolecular Hbond substituents is 1. The van der Waals surface area contributed by atoms with E-state index in [4.69, 9.17) is 20.9 Å². The first kappa shape index (κ1) is 18.5. The highest BCUT2D eigenvalue weighted by Crippen LogP contribution is 2.67. The van der Waals surface area contributed by atoms with Gasteiger partial charge in [0.05, 0.1) is 18.5 Å². The lowest BCUT2D eigenvalue weighted by Crippen LogP contribution is -2.00. The molecule has 0 saturated carbocycles. The summed E-state index contributed by atoms with van der Waals surface area (Å²) < 4.78 is 11.5.